The van der Waals surface area contributed by atoms with Crippen LogP contribution < -0.4 is 5.32 Å². The molecule has 5 rings (SSSR count). The van der Waals surface area contributed by atoms with Gasteiger partial charge < -0.3 is 10.3 Å². The predicted molar refractivity (Wildman–Crippen MR) is 116 cm³/mol. The molecule has 2 heterocycles. The summed E-state index contributed by atoms with van der Waals surface area (Å²) >= 11 is 0. The number of halogens is 1. The maximum Gasteiger partial charge on any atom is 0.244 e. The minimum Gasteiger partial charge on any atom is -0.342 e. The molecule has 2 aliphatic rings. The van der Waals surface area contributed by atoms with Crippen molar-refractivity contribution in [2.45, 2.75) is 32.1 Å². The van der Waals surface area contributed by atoms with Crippen LogP contribution in [0.3, 0.4) is 0 Å². The van der Waals surface area contributed by atoms with Crippen LogP contribution in [0.25, 0.3) is 11.0 Å². The molecule has 164 valence electrons. The molecule has 0 radical (unpaired) electrons. The topological polar surface area (TPSA) is 95.2 Å². The molecule has 32 heavy (non-hydrogen) atoms. The molecule has 1 aliphatic heterocycles. The van der Waals surface area contributed by atoms with E-state index in [-0.39, 0.29) is 36.0 Å². The quantitative estimate of drug-likeness (QED) is 0.602. The molecule has 2 fully saturated rings. The SMILES string of the molecule is O=C(CN1C(=O)C2CCCCC2C1=O)Nc1ccc2nc(Cc3ccccc3F)[nH]c2c1. The monoisotopic (exact) mass is 434 g/mol. The van der Waals surface area contributed by atoms with Gasteiger partial charge in [0.15, 0.2) is 0 Å². The molecule has 1 saturated carbocycles. The van der Waals surface area contributed by atoms with Crippen LogP contribution in [-0.2, 0) is 20.8 Å². The first-order valence-corrected chi connectivity index (χ1v) is 10.9. The van der Waals surface area contributed by atoms with E-state index < -0.39 is 5.91 Å². The third-order valence-electron chi connectivity index (χ3n) is 6.36. The van der Waals surface area contributed by atoms with Gasteiger partial charge in [-0.2, -0.15) is 0 Å². The number of aromatic amines is 1. The summed E-state index contributed by atoms with van der Waals surface area (Å²) in [5, 5.41) is 2.76. The molecule has 1 saturated heterocycles. The number of nitrogens with one attached hydrogen (secondary N) is 2. The summed E-state index contributed by atoms with van der Waals surface area (Å²) in [5.41, 5.74) is 2.47. The standard InChI is InChI=1S/C24H23FN4O3/c25-18-8-4-1-5-14(18)11-21-27-19-10-9-15(12-20(19)28-21)26-22(30)13-29-23(31)16-6-2-3-7-17(16)24(29)32/h1,4-5,8-10,12,16-17H,2-3,6-7,11,13H2,(H,26,30)(H,27,28). The van der Waals surface area contributed by atoms with E-state index in [0.717, 1.165) is 30.6 Å². The molecule has 2 aromatic carbocycles. The van der Waals surface area contributed by atoms with Crippen molar-refractivity contribution in [3.05, 3.63) is 59.7 Å². The van der Waals surface area contributed by atoms with Gasteiger partial charge in [0.2, 0.25) is 17.7 Å². The molecule has 0 bridgehead atoms. The summed E-state index contributed by atoms with van der Waals surface area (Å²) in [7, 11) is 0. The molecule has 1 aliphatic carbocycles. The fraction of sp³-hybridized carbons (Fsp3) is 0.333. The zero-order valence-corrected chi connectivity index (χ0v) is 17.4. The minimum atomic E-state index is -0.421. The number of carbonyl (C=O) groups excluding carboxylic acids is 3. The van der Waals surface area contributed by atoms with Crippen molar-refractivity contribution < 1.29 is 18.8 Å². The second kappa shape index (κ2) is 8.18. The summed E-state index contributed by atoms with van der Waals surface area (Å²) in [6.45, 7) is -0.274. The van der Waals surface area contributed by atoms with Gasteiger partial charge in [-0.15, -0.1) is 0 Å². The summed E-state index contributed by atoms with van der Waals surface area (Å²) < 4.78 is 13.9. The lowest BCUT2D eigenvalue weighted by Gasteiger charge is -2.19. The first kappa shape index (κ1) is 20.4. The van der Waals surface area contributed by atoms with E-state index in [1.165, 1.54) is 6.07 Å². The number of aromatic nitrogens is 2. The number of nitrogens with zero attached hydrogens (tertiary/aromatic N) is 2. The maximum absolute atomic E-state index is 13.9. The third kappa shape index (κ3) is 3.77. The van der Waals surface area contributed by atoms with Gasteiger partial charge >= 0.3 is 0 Å². The van der Waals surface area contributed by atoms with Crippen molar-refractivity contribution in [2.24, 2.45) is 11.8 Å². The second-order valence-corrected chi connectivity index (χ2v) is 8.49. The van der Waals surface area contributed by atoms with Crippen LogP contribution in [0.4, 0.5) is 10.1 Å². The van der Waals surface area contributed by atoms with Crippen LogP contribution in [0, 0.1) is 17.7 Å². The van der Waals surface area contributed by atoms with E-state index in [0.29, 0.717) is 34.5 Å². The Morgan fingerprint density at radius 2 is 1.81 bits per heavy atom. The molecule has 1 aromatic heterocycles. The lowest BCUT2D eigenvalue weighted by Crippen LogP contribution is -2.38. The van der Waals surface area contributed by atoms with Gasteiger partial charge in [-0.1, -0.05) is 31.0 Å². The Hall–Kier alpha value is -3.55. The number of hydrogen-bond donors (Lipinski definition) is 2. The number of benzene rings is 2. The Morgan fingerprint density at radius 3 is 2.53 bits per heavy atom. The van der Waals surface area contributed by atoms with Crippen LogP contribution in [0.15, 0.2) is 42.5 Å². The van der Waals surface area contributed by atoms with Crippen molar-refractivity contribution in [2.75, 3.05) is 11.9 Å². The zero-order valence-electron chi connectivity index (χ0n) is 17.4. The molecule has 2 N–H and O–H groups in total. The van der Waals surface area contributed by atoms with E-state index >= 15 is 0 Å². The average molecular weight is 434 g/mol. The number of hydrogen-bond acceptors (Lipinski definition) is 4. The Balaban J connectivity index is 1.27. The molecular weight excluding hydrogens is 411 g/mol. The minimum absolute atomic E-state index is 0.225. The van der Waals surface area contributed by atoms with Crippen LogP contribution in [0.2, 0.25) is 0 Å². The van der Waals surface area contributed by atoms with Crippen molar-refractivity contribution in [3.63, 3.8) is 0 Å². The lowest BCUT2D eigenvalue weighted by atomic mass is 9.81. The Labute approximate surface area is 184 Å². The van der Waals surface area contributed by atoms with Gasteiger partial charge in [0.05, 0.1) is 22.9 Å². The molecular formula is C24H23FN4O3. The van der Waals surface area contributed by atoms with E-state index in [4.69, 9.17) is 0 Å². The largest absolute Gasteiger partial charge is 0.342 e. The predicted octanol–water partition coefficient (Wildman–Crippen LogP) is 3.41. The summed E-state index contributed by atoms with van der Waals surface area (Å²) in [6, 6.07) is 11.7. The molecule has 3 amide bonds. The number of likely N-dealkylation sites (tertiary alicyclic amines) is 1. The third-order valence-corrected chi connectivity index (χ3v) is 6.36. The van der Waals surface area contributed by atoms with Crippen molar-refractivity contribution >= 4 is 34.4 Å². The number of rotatable bonds is 5. The van der Waals surface area contributed by atoms with Gasteiger partial charge in [0, 0.05) is 12.1 Å². The van der Waals surface area contributed by atoms with Crippen molar-refractivity contribution in [1.82, 2.24) is 14.9 Å². The van der Waals surface area contributed by atoms with E-state index in [2.05, 4.69) is 15.3 Å². The van der Waals surface area contributed by atoms with Gasteiger partial charge in [-0.25, -0.2) is 9.37 Å². The highest BCUT2D eigenvalue weighted by atomic mass is 19.1. The molecule has 2 unspecified atom stereocenters. The molecule has 3 aromatic rings. The number of imidazole rings is 1. The number of fused-ring (bicyclic) bond motifs is 2. The van der Waals surface area contributed by atoms with Gasteiger partial charge in [-0.05, 0) is 42.7 Å². The van der Waals surface area contributed by atoms with Crippen molar-refractivity contribution in [3.8, 4) is 0 Å². The fourth-order valence-electron chi connectivity index (χ4n) is 4.78. The highest BCUT2D eigenvalue weighted by Crippen LogP contribution is 2.37. The van der Waals surface area contributed by atoms with Crippen LogP contribution >= 0.6 is 0 Å². The average Bonchev–Trinajstić information content (AvgIpc) is 3.29. The summed E-state index contributed by atoms with van der Waals surface area (Å²) in [4.78, 5) is 46.5. The van der Waals surface area contributed by atoms with E-state index in [9.17, 15) is 18.8 Å². The highest BCUT2D eigenvalue weighted by Gasteiger charge is 2.48. The molecule has 8 heteroatoms. The first-order chi connectivity index (χ1) is 15.5. The Kier molecular flexibility index (Phi) is 5.20. The van der Waals surface area contributed by atoms with Gasteiger partial charge in [-0.3, -0.25) is 19.3 Å². The van der Waals surface area contributed by atoms with Crippen LogP contribution in [0.1, 0.15) is 37.1 Å². The number of carbonyl (C=O) groups is 3. The van der Waals surface area contributed by atoms with E-state index in [1.807, 2.05) is 0 Å². The Bertz CT molecular complexity index is 1200. The number of amides is 3. The lowest BCUT2D eigenvalue weighted by molar-refractivity contribution is -0.142. The second-order valence-electron chi connectivity index (χ2n) is 8.49. The maximum atomic E-state index is 13.9. The summed E-state index contributed by atoms with van der Waals surface area (Å²) in [6.07, 6.45) is 3.66. The summed E-state index contributed by atoms with van der Waals surface area (Å²) in [5.74, 6) is -1.07. The smallest absolute Gasteiger partial charge is 0.244 e. The normalized spacial score (nSPS) is 20.6. The fourth-order valence-corrected chi connectivity index (χ4v) is 4.78. The Morgan fingerprint density at radius 1 is 1.09 bits per heavy atom. The van der Waals surface area contributed by atoms with Gasteiger partial charge in [0.1, 0.15) is 18.2 Å². The highest BCUT2D eigenvalue weighted by molar-refractivity contribution is 6.08. The van der Waals surface area contributed by atoms with Crippen LogP contribution in [-0.4, -0.2) is 39.1 Å². The molecule has 2 atom stereocenters. The number of imide groups is 1. The van der Waals surface area contributed by atoms with Gasteiger partial charge in [0.25, 0.3) is 0 Å². The molecule has 7 nitrogen and oxygen atoms in total. The zero-order chi connectivity index (χ0) is 22.2. The first-order valence-electron chi connectivity index (χ1n) is 10.9. The molecule has 0 spiro atoms. The van der Waals surface area contributed by atoms with E-state index in [1.54, 1.807) is 36.4 Å². The van der Waals surface area contributed by atoms with Crippen molar-refractivity contribution in [1.29, 1.82) is 0 Å². The number of H-pyrrole nitrogens is 1. The number of anilines is 1. The van der Waals surface area contributed by atoms with Crippen LogP contribution in [0.5, 0.6) is 0 Å².